The van der Waals surface area contributed by atoms with E-state index in [9.17, 15) is 9.18 Å². The zero-order valence-electron chi connectivity index (χ0n) is 10.6. The van der Waals surface area contributed by atoms with Crippen molar-refractivity contribution in [2.75, 3.05) is 12.0 Å². The van der Waals surface area contributed by atoms with Crippen LogP contribution in [0.5, 0.6) is 0 Å². The molecule has 0 aliphatic heterocycles. The van der Waals surface area contributed by atoms with Crippen LogP contribution >= 0.6 is 0 Å². The van der Waals surface area contributed by atoms with Gasteiger partial charge in [0.1, 0.15) is 11.9 Å². The maximum absolute atomic E-state index is 13.5. The maximum atomic E-state index is 13.5. The lowest BCUT2D eigenvalue weighted by molar-refractivity contribution is 0.0521. The monoisotopic (exact) mass is 277 g/mol. The molecule has 4 N–H and O–H groups in total. The Morgan fingerprint density at radius 2 is 2.35 bits per heavy atom. The van der Waals surface area contributed by atoms with Gasteiger partial charge in [-0.1, -0.05) is 0 Å². The number of esters is 1. The first-order valence-electron chi connectivity index (χ1n) is 5.54. The second-order valence-corrected chi connectivity index (χ2v) is 3.51. The van der Waals surface area contributed by atoms with E-state index < -0.39 is 17.6 Å². The van der Waals surface area contributed by atoms with E-state index >= 15 is 0 Å². The average molecular weight is 277 g/mol. The van der Waals surface area contributed by atoms with Crippen molar-refractivity contribution in [2.24, 2.45) is 10.8 Å². The van der Waals surface area contributed by atoms with Gasteiger partial charge < -0.3 is 10.5 Å². The minimum Gasteiger partial charge on any atom is -0.462 e. The second kappa shape index (κ2) is 6.84. The summed E-state index contributed by atoms with van der Waals surface area (Å²) in [6, 6.07) is 5.18. The number of ether oxygens (including phenoxy) is 1. The summed E-state index contributed by atoms with van der Waals surface area (Å²) in [5, 5.41) is 19.3. The number of hydrazone groups is 1. The van der Waals surface area contributed by atoms with E-state index in [4.69, 9.17) is 21.1 Å². The molecule has 0 heterocycles. The van der Waals surface area contributed by atoms with Gasteiger partial charge in [-0.05, 0) is 25.1 Å². The van der Waals surface area contributed by atoms with Crippen LogP contribution in [0.1, 0.15) is 17.3 Å². The first kappa shape index (κ1) is 15.1. The Kier molecular flexibility index (Phi) is 5.17. The van der Waals surface area contributed by atoms with Crippen LogP contribution in [-0.4, -0.2) is 24.1 Å². The largest absolute Gasteiger partial charge is 0.462 e. The van der Waals surface area contributed by atoms with Gasteiger partial charge in [-0.3, -0.25) is 10.8 Å². The molecule has 0 aromatic heterocycles. The van der Waals surface area contributed by atoms with Gasteiger partial charge in [-0.15, -0.1) is 0 Å². The standard InChI is InChI=1S/C12H12FN5O2/c1-2-20-12(19)8-5-7(3-4-9(8)13)17-18-10(6-14)11(15)16/h3-5,17H,2H2,1H3,(H3,15,16)/b18-10+. The molecule has 1 rings (SSSR count). The van der Waals surface area contributed by atoms with E-state index in [0.29, 0.717) is 0 Å². The Morgan fingerprint density at radius 1 is 1.65 bits per heavy atom. The number of rotatable bonds is 5. The quantitative estimate of drug-likeness (QED) is 0.323. The van der Waals surface area contributed by atoms with E-state index in [0.717, 1.165) is 6.07 Å². The molecule has 0 aliphatic rings. The van der Waals surface area contributed by atoms with Crippen molar-refractivity contribution < 1.29 is 13.9 Å². The summed E-state index contributed by atoms with van der Waals surface area (Å²) >= 11 is 0. The number of benzene rings is 1. The molecule has 1 aromatic carbocycles. The Balaban J connectivity index is 2.99. The molecule has 104 valence electrons. The molecule has 1 aromatic rings. The number of carbonyl (C=O) groups is 1. The van der Waals surface area contributed by atoms with Crippen LogP contribution in [0.4, 0.5) is 10.1 Å². The summed E-state index contributed by atoms with van der Waals surface area (Å²) in [5.41, 5.74) is 7.19. The number of hydrogen-bond acceptors (Lipinski definition) is 6. The molecule has 7 nitrogen and oxygen atoms in total. The molecule has 0 bridgehead atoms. The zero-order valence-corrected chi connectivity index (χ0v) is 10.6. The van der Waals surface area contributed by atoms with Gasteiger partial charge in [0.15, 0.2) is 5.84 Å². The highest BCUT2D eigenvalue weighted by atomic mass is 19.1. The Labute approximate surface area is 114 Å². The summed E-state index contributed by atoms with van der Waals surface area (Å²) in [6.45, 7) is 1.73. The predicted molar refractivity (Wildman–Crippen MR) is 70.9 cm³/mol. The van der Waals surface area contributed by atoms with Crippen molar-refractivity contribution in [1.82, 2.24) is 0 Å². The van der Waals surface area contributed by atoms with Gasteiger partial charge in [0.2, 0.25) is 5.71 Å². The molecule has 0 fully saturated rings. The molecule has 0 saturated carbocycles. The number of carbonyl (C=O) groups excluding carboxylic acids is 1. The Morgan fingerprint density at radius 3 is 2.90 bits per heavy atom. The van der Waals surface area contributed by atoms with Crippen LogP contribution < -0.4 is 11.2 Å². The summed E-state index contributed by atoms with van der Waals surface area (Å²) in [4.78, 5) is 11.5. The lowest BCUT2D eigenvalue weighted by atomic mass is 10.2. The van der Waals surface area contributed by atoms with Crippen molar-refractivity contribution in [1.29, 1.82) is 10.7 Å². The van der Waals surface area contributed by atoms with Gasteiger partial charge in [0.05, 0.1) is 17.9 Å². The fourth-order valence-electron chi connectivity index (χ4n) is 1.23. The molecule has 0 spiro atoms. The average Bonchev–Trinajstić information content (AvgIpc) is 2.41. The van der Waals surface area contributed by atoms with Crippen molar-refractivity contribution in [3.63, 3.8) is 0 Å². The number of nitriles is 1. The van der Waals surface area contributed by atoms with Crippen LogP contribution in [-0.2, 0) is 4.74 Å². The minimum atomic E-state index is -0.801. The summed E-state index contributed by atoms with van der Waals surface area (Å²) < 4.78 is 18.2. The smallest absolute Gasteiger partial charge is 0.341 e. The van der Waals surface area contributed by atoms with Crippen LogP contribution in [0.15, 0.2) is 23.3 Å². The molecule has 0 saturated heterocycles. The van der Waals surface area contributed by atoms with Gasteiger partial charge in [0.25, 0.3) is 0 Å². The molecule has 0 unspecified atom stereocenters. The van der Waals surface area contributed by atoms with Crippen LogP contribution in [0, 0.1) is 22.6 Å². The molecule has 0 atom stereocenters. The number of amidine groups is 1. The number of nitrogens with zero attached hydrogens (tertiary/aromatic N) is 2. The lowest BCUT2D eigenvalue weighted by Gasteiger charge is -2.06. The highest BCUT2D eigenvalue weighted by molar-refractivity contribution is 6.45. The van der Waals surface area contributed by atoms with Crippen LogP contribution in [0.2, 0.25) is 0 Å². The van der Waals surface area contributed by atoms with Gasteiger partial charge in [0, 0.05) is 0 Å². The van der Waals surface area contributed by atoms with E-state index in [1.807, 2.05) is 0 Å². The SMILES string of the molecule is CCOC(=O)c1cc(N/N=C(\C#N)C(=N)N)ccc1F. The van der Waals surface area contributed by atoms with Crippen LogP contribution in [0.3, 0.4) is 0 Å². The fraction of sp³-hybridized carbons (Fsp3) is 0.167. The Bertz CT molecular complexity index is 606. The molecular formula is C12H12FN5O2. The second-order valence-electron chi connectivity index (χ2n) is 3.51. The number of nitrogens with one attached hydrogen (secondary N) is 2. The first-order valence-corrected chi connectivity index (χ1v) is 5.54. The summed E-state index contributed by atoms with van der Waals surface area (Å²) in [5.74, 6) is -2.04. The zero-order chi connectivity index (χ0) is 15.1. The number of hydrogen-bond donors (Lipinski definition) is 3. The lowest BCUT2D eigenvalue weighted by Crippen LogP contribution is -2.21. The predicted octanol–water partition coefficient (Wildman–Crippen LogP) is 1.23. The van der Waals surface area contributed by atoms with Crippen molar-refractivity contribution in [3.05, 3.63) is 29.6 Å². The number of anilines is 1. The topological polar surface area (TPSA) is 124 Å². The van der Waals surface area contributed by atoms with E-state index in [1.54, 1.807) is 13.0 Å². The Hall–Kier alpha value is -2.95. The fourth-order valence-corrected chi connectivity index (χ4v) is 1.23. The minimum absolute atomic E-state index is 0.122. The van der Waals surface area contributed by atoms with E-state index in [1.165, 1.54) is 12.1 Å². The number of nitrogens with two attached hydrogens (primary N) is 1. The van der Waals surface area contributed by atoms with Gasteiger partial charge in [-0.25, -0.2) is 9.18 Å². The third-order valence-electron chi connectivity index (χ3n) is 2.12. The van der Waals surface area contributed by atoms with Gasteiger partial charge in [-0.2, -0.15) is 10.4 Å². The van der Waals surface area contributed by atoms with E-state index in [-0.39, 0.29) is 23.6 Å². The molecule has 0 aliphatic carbocycles. The van der Waals surface area contributed by atoms with Gasteiger partial charge >= 0.3 is 5.97 Å². The summed E-state index contributed by atoms with van der Waals surface area (Å²) in [6.07, 6.45) is 0. The summed E-state index contributed by atoms with van der Waals surface area (Å²) in [7, 11) is 0. The van der Waals surface area contributed by atoms with Crippen molar-refractivity contribution >= 4 is 23.2 Å². The molecule has 8 heteroatoms. The van der Waals surface area contributed by atoms with Crippen molar-refractivity contribution in [3.8, 4) is 6.07 Å². The molecule has 0 radical (unpaired) electrons. The van der Waals surface area contributed by atoms with Crippen molar-refractivity contribution in [2.45, 2.75) is 6.92 Å². The number of halogens is 1. The highest BCUT2D eigenvalue weighted by Gasteiger charge is 2.13. The molecular weight excluding hydrogens is 265 g/mol. The first-order chi connectivity index (χ1) is 9.49. The third kappa shape index (κ3) is 3.78. The highest BCUT2D eigenvalue weighted by Crippen LogP contribution is 2.16. The molecule has 0 amide bonds. The normalized spacial score (nSPS) is 10.6. The van der Waals surface area contributed by atoms with E-state index in [2.05, 4.69) is 10.5 Å². The third-order valence-corrected chi connectivity index (χ3v) is 2.12. The maximum Gasteiger partial charge on any atom is 0.341 e. The molecule has 20 heavy (non-hydrogen) atoms. The van der Waals surface area contributed by atoms with Crippen LogP contribution in [0.25, 0.3) is 0 Å².